The van der Waals surface area contributed by atoms with Gasteiger partial charge in [0.1, 0.15) is 5.82 Å². The van der Waals surface area contributed by atoms with E-state index in [0.29, 0.717) is 5.82 Å². The van der Waals surface area contributed by atoms with Crippen LogP contribution in [0.3, 0.4) is 0 Å². The molecule has 2 heterocycles. The summed E-state index contributed by atoms with van der Waals surface area (Å²) in [5.74, 6) is 6.13. The van der Waals surface area contributed by atoms with Crippen LogP contribution in [-0.4, -0.2) is 11.0 Å². The minimum Gasteiger partial charge on any atom is -0.384 e. The number of hydrazine groups is 1. The fraction of sp³-hybridized carbons (Fsp3) is 0.250. The topological polar surface area (TPSA) is 77.0 Å². The van der Waals surface area contributed by atoms with Gasteiger partial charge in [0.25, 0.3) is 0 Å². The predicted molar refractivity (Wildman–Crippen MR) is 71.5 cm³/mol. The van der Waals surface area contributed by atoms with E-state index < -0.39 is 0 Å². The highest BCUT2D eigenvalue weighted by atomic mass is 32.1. The molecule has 17 heavy (non-hydrogen) atoms. The standard InChI is InChI=1S/C12H16N4S/c13-12-7-9(3-4-15-12)6-10(16-14)8-11-2-1-5-17-11/h1-5,7,10,16H,6,8,14H2,(H2,13,15). The summed E-state index contributed by atoms with van der Waals surface area (Å²) < 4.78 is 0. The Kier molecular flexibility index (Phi) is 4.08. The molecule has 0 bridgehead atoms. The average Bonchev–Trinajstić information content (AvgIpc) is 2.81. The van der Waals surface area contributed by atoms with Crippen molar-refractivity contribution in [1.82, 2.24) is 10.4 Å². The van der Waals surface area contributed by atoms with Gasteiger partial charge in [-0.2, -0.15) is 0 Å². The van der Waals surface area contributed by atoms with Crippen molar-refractivity contribution in [3.63, 3.8) is 0 Å². The van der Waals surface area contributed by atoms with Crippen LogP contribution < -0.4 is 17.0 Å². The van der Waals surface area contributed by atoms with Gasteiger partial charge in [-0.3, -0.25) is 11.3 Å². The second-order valence-electron chi connectivity index (χ2n) is 3.94. The fourth-order valence-electron chi connectivity index (χ4n) is 1.77. The Bertz CT molecular complexity index is 455. The molecule has 2 rings (SSSR count). The van der Waals surface area contributed by atoms with Crippen LogP contribution in [0.2, 0.25) is 0 Å². The molecule has 1 atom stereocenters. The first-order valence-electron chi connectivity index (χ1n) is 5.47. The van der Waals surface area contributed by atoms with E-state index in [-0.39, 0.29) is 6.04 Å². The summed E-state index contributed by atoms with van der Waals surface area (Å²) in [5, 5.41) is 2.08. The molecular formula is C12H16N4S. The molecule has 90 valence electrons. The summed E-state index contributed by atoms with van der Waals surface area (Å²) in [6.07, 6.45) is 3.50. The molecular weight excluding hydrogens is 232 g/mol. The smallest absolute Gasteiger partial charge is 0.123 e. The summed E-state index contributed by atoms with van der Waals surface area (Å²) in [6, 6.07) is 8.25. The molecule has 0 spiro atoms. The number of thiophene rings is 1. The van der Waals surface area contributed by atoms with Crippen molar-refractivity contribution in [2.24, 2.45) is 5.84 Å². The molecule has 0 saturated heterocycles. The van der Waals surface area contributed by atoms with Crippen molar-refractivity contribution < 1.29 is 0 Å². The Balaban J connectivity index is 2.00. The van der Waals surface area contributed by atoms with Gasteiger partial charge in [0, 0.05) is 17.1 Å². The first-order valence-corrected chi connectivity index (χ1v) is 6.35. The Morgan fingerprint density at radius 2 is 2.24 bits per heavy atom. The number of hydrogen-bond acceptors (Lipinski definition) is 5. The van der Waals surface area contributed by atoms with Crippen LogP contribution in [0.4, 0.5) is 5.82 Å². The first kappa shape index (κ1) is 12.0. The van der Waals surface area contributed by atoms with Crippen molar-refractivity contribution in [1.29, 1.82) is 0 Å². The largest absolute Gasteiger partial charge is 0.384 e. The lowest BCUT2D eigenvalue weighted by atomic mass is 10.0. The molecule has 0 saturated carbocycles. The third kappa shape index (κ3) is 3.52. The zero-order valence-corrected chi connectivity index (χ0v) is 10.3. The van der Waals surface area contributed by atoms with Crippen molar-refractivity contribution in [3.8, 4) is 0 Å². The summed E-state index contributed by atoms with van der Waals surface area (Å²) >= 11 is 1.75. The molecule has 0 aliphatic carbocycles. The van der Waals surface area contributed by atoms with E-state index in [9.17, 15) is 0 Å². The maximum atomic E-state index is 5.65. The molecule has 0 aliphatic rings. The number of nitrogen functional groups attached to an aromatic ring is 1. The highest BCUT2D eigenvalue weighted by Crippen LogP contribution is 2.14. The van der Waals surface area contributed by atoms with Gasteiger partial charge in [0.15, 0.2) is 0 Å². The molecule has 0 fully saturated rings. The van der Waals surface area contributed by atoms with Gasteiger partial charge in [0.2, 0.25) is 0 Å². The number of pyridine rings is 1. The van der Waals surface area contributed by atoms with Crippen LogP contribution in [-0.2, 0) is 12.8 Å². The number of nitrogens with two attached hydrogens (primary N) is 2. The second kappa shape index (κ2) is 5.77. The van der Waals surface area contributed by atoms with Crippen LogP contribution in [0, 0.1) is 0 Å². The van der Waals surface area contributed by atoms with Crippen molar-refractivity contribution in [2.75, 3.05) is 5.73 Å². The number of rotatable bonds is 5. The highest BCUT2D eigenvalue weighted by molar-refractivity contribution is 7.09. The van der Waals surface area contributed by atoms with Gasteiger partial charge in [-0.05, 0) is 42.0 Å². The number of anilines is 1. The maximum Gasteiger partial charge on any atom is 0.123 e. The Morgan fingerprint density at radius 3 is 2.88 bits per heavy atom. The zero-order valence-electron chi connectivity index (χ0n) is 9.47. The molecule has 0 amide bonds. The highest BCUT2D eigenvalue weighted by Gasteiger charge is 2.09. The lowest BCUT2D eigenvalue weighted by molar-refractivity contribution is 0.525. The van der Waals surface area contributed by atoms with E-state index in [4.69, 9.17) is 11.6 Å². The molecule has 0 radical (unpaired) electrons. The molecule has 0 aromatic carbocycles. The third-order valence-corrected chi connectivity index (χ3v) is 3.49. The molecule has 5 N–H and O–H groups in total. The Labute approximate surface area is 105 Å². The minimum absolute atomic E-state index is 0.218. The summed E-state index contributed by atoms with van der Waals surface area (Å²) in [4.78, 5) is 5.31. The van der Waals surface area contributed by atoms with Crippen LogP contribution in [0.5, 0.6) is 0 Å². The number of aromatic nitrogens is 1. The van der Waals surface area contributed by atoms with Crippen LogP contribution in [0.25, 0.3) is 0 Å². The Morgan fingerprint density at radius 1 is 1.35 bits per heavy atom. The van der Waals surface area contributed by atoms with Gasteiger partial charge in [-0.1, -0.05) is 6.07 Å². The van der Waals surface area contributed by atoms with E-state index >= 15 is 0 Å². The zero-order chi connectivity index (χ0) is 12.1. The van der Waals surface area contributed by atoms with E-state index in [1.165, 1.54) is 4.88 Å². The number of hydrogen-bond donors (Lipinski definition) is 3. The second-order valence-corrected chi connectivity index (χ2v) is 4.97. The lowest BCUT2D eigenvalue weighted by Gasteiger charge is -2.15. The van der Waals surface area contributed by atoms with E-state index in [1.54, 1.807) is 17.5 Å². The van der Waals surface area contributed by atoms with Gasteiger partial charge in [0.05, 0.1) is 0 Å². The molecule has 0 aliphatic heterocycles. The molecule has 1 unspecified atom stereocenters. The van der Waals surface area contributed by atoms with Crippen LogP contribution >= 0.6 is 11.3 Å². The van der Waals surface area contributed by atoms with Gasteiger partial charge in [-0.25, -0.2) is 4.98 Å². The van der Waals surface area contributed by atoms with E-state index in [1.807, 2.05) is 12.1 Å². The van der Waals surface area contributed by atoms with Crippen molar-refractivity contribution in [3.05, 3.63) is 46.3 Å². The monoisotopic (exact) mass is 248 g/mol. The third-order valence-electron chi connectivity index (χ3n) is 2.59. The quantitative estimate of drug-likeness (QED) is 0.551. The average molecular weight is 248 g/mol. The van der Waals surface area contributed by atoms with E-state index in [0.717, 1.165) is 18.4 Å². The van der Waals surface area contributed by atoms with Gasteiger partial charge < -0.3 is 5.73 Å². The van der Waals surface area contributed by atoms with Crippen LogP contribution in [0.15, 0.2) is 35.8 Å². The minimum atomic E-state index is 0.218. The Hall–Kier alpha value is -1.43. The SMILES string of the molecule is NNC(Cc1ccnc(N)c1)Cc1cccs1. The van der Waals surface area contributed by atoms with Crippen LogP contribution in [0.1, 0.15) is 10.4 Å². The number of nitrogens with zero attached hydrogens (tertiary/aromatic N) is 1. The summed E-state index contributed by atoms with van der Waals surface area (Å²) in [6.45, 7) is 0. The molecule has 4 nitrogen and oxygen atoms in total. The van der Waals surface area contributed by atoms with Crippen molar-refractivity contribution in [2.45, 2.75) is 18.9 Å². The maximum absolute atomic E-state index is 5.65. The van der Waals surface area contributed by atoms with E-state index in [2.05, 4.69) is 27.9 Å². The molecule has 5 heteroatoms. The summed E-state index contributed by atoms with van der Waals surface area (Å²) in [7, 11) is 0. The summed E-state index contributed by atoms with van der Waals surface area (Å²) in [5.41, 5.74) is 9.65. The molecule has 2 aromatic rings. The number of nitrogens with one attached hydrogen (secondary N) is 1. The predicted octanol–water partition coefficient (Wildman–Crippen LogP) is 1.34. The lowest BCUT2D eigenvalue weighted by Crippen LogP contribution is -2.38. The van der Waals surface area contributed by atoms with Gasteiger partial charge in [-0.15, -0.1) is 11.3 Å². The van der Waals surface area contributed by atoms with Crippen molar-refractivity contribution >= 4 is 17.2 Å². The fourth-order valence-corrected chi connectivity index (χ4v) is 2.55. The normalized spacial score (nSPS) is 12.5. The molecule has 2 aromatic heterocycles. The van der Waals surface area contributed by atoms with Gasteiger partial charge >= 0.3 is 0 Å². The first-order chi connectivity index (χ1) is 8.28.